The van der Waals surface area contributed by atoms with Crippen LogP contribution in [0.4, 0.5) is 0 Å². The van der Waals surface area contributed by atoms with Gasteiger partial charge in [-0.25, -0.2) is 0 Å². The minimum atomic E-state index is 0.423. The second kappa shape index (κ2) is 4.52. The molecular weight excluding hydrogens is 214 g/mol. The maximum absolute atomic E-state index is 6.01. The molecule has 0 N–H and O–H groups in total. The Morgan fingerprint density at radius 2 is 2.00 bits per heavy atom. The van der Waals surface area contributed by atoms with Crippen molar-refractivity contribution in [3.05, 3.63) is 0 Å². The monoisotopic (exact) mass is 239 g/mol. The van der Waals surface area contributed by atoms with Crippen LogP contribution in [0, 0.1) is 5.92 Å². The summed E-state index contributed by atoms with van der Waals surface area (Å²) in [6, 6.07) is 1.40. The van der Waals surface area contributed by atoms with Crippen LogP contribution in [0.25, 0.3) is 0 Å². The third-order valence-corrected chi connectivity index (χ3v) is 5.00. The smallest absolute Gasteiger partial charge is 0.0728 e. The molecule has 3 saturated heterocycles. The molecule has 0 aliphatic carbocycles. The third-order valence-electron chi connectivity index (χ3n) is 5.00. The molecule has 0 saturated carbocycles. The summed E-state index contributed by atoms with van der Waals surface area (Å²) in [5.74, 6) is 0.729. The number of nitrogens with zero attached hydrogens (tertiary/aromatic N) is 1. The number of morpholine rings is 1. The van der Waals surface area contributed by atoms with E-state index < -0.39 is 0 Å². The van der Waals surface area contributed by atoms with Crippen molar-refractivity contribution in [3.63, 3.8) is 0 Å². The molecule has 98 valence electrons. The topological polar surface area (TPSA) is 21.7 Å². The van der Waals surface area contributed by atoms with Gasteiger partial charge in [0.05, 0.1) is 24.9 Å². The van der Waals surface area contributed by atoms with Crippen LogP contribution < -0.4 is 0 Å². The van der Waals surface area contributed by atoms with Gasteiger partial charge in [-0.15, -0.1) is 0 Å². The fraction of sp³-hybridized carbons (Fsp3) is 1.00. The van der Waals surface area contributed by atoms with Crippen LogP contribution in [0.15, 0.2) is 0 Å². The molecule has 3 rings (SSSR count). The van der Waals surface area contributed by atoms with Gasteiger partial charge in [-0.2, -0.15) is 0 Å². The van der Waals surface area contributed by atoms with Gasteiger partial charge in [0.25, 0.3) is 0 Å². The average Bonchev–Trinajstić information content (AvgIpc) is 2.68. The highest BCUT2D eigenvalue weighted by molar-refractivity contribution is 5.02. The number of fused-ring (bicyclic) bond motifs is 3. The van der Waals surface area contributed by atoms with E-state index in [4.69, 9.17) is 9.47 Å². The molecule has 3 heteroatoms. The molecule has 0 aromatic carbocycles. The van der Waals surface area contributed by atoms with E-state index in [2.05, 4.69) is 25.7 Å². The Morgan fingerprint density at radius 3 is 2.76 bits per heavy atom. The quantitative estimate of drug-likeness (QED) is 0.699. The van der Waals surface area contributed by atoms with Crippen LogP contribution >= 0.6 is 0 Å². The molecule has 0 spiro atoms. The molecule has 0 amide bonds. The Kier molecular flexibility index (Phi) is 3.18. The Labute approximate surface area is 104 Å². The minimum Gasteiger partial charge on any atom is -0.375 e. The fourth-order valence-corrected chi connectivity index (χ4v) is 4.25. The zero-order valence-electron chi connectivity index (χ0n) is 11.3. The van der Waals surface area contributed by atoms with E-state index >= 15 is 0 Å². The molecule has 3 aliphatic heterocycles. The number of hydrogen-bond acceptors (Lipinski definition) is 3. The van der Waals surface area contributed by atoms with Gasteiger partial charge in [0.1, 0.15) is 0 Å². The number of hydrogen-bond donors (Lipinski definition) is 0. The lowest BCUT2D eigenvalue weighted by molar-refractivity contribution is -0.102. The largest absolute Gasteiger partial charge is 0.375 e. The lowest BCUT2D eigenvalue weighted by atomic mass is 9.87. The van der Waals surface area contributed by atoms with Crippen LogP contribution in [0.3, 0.4) is 0 Å². The first kappa shape index (κ1) is 11.9. The maximum Gasteiger partial charge on any atom is 0.0728 e. The Morgan fingerprint density at radius 1 is 1.18 bits per heavy atom. The Bertz CT molecular complexity index is 283. The molecular formula is C14H25NO2. The third kappa shape index (κ3) is 1.92. The lowest BCUT2D eigenvalue weighted by Crippen LogP contribution is -2.52. The molecule has 3 heterocycles. The summed E-state index contributed by atoms with van der Waals surface area (Å²) >= 11 is 0. The molecule has 0 aromatic rings. The van der Waals surface area contributed by atoms with Gasteiger partial charge in [-0.1, -0.05) is 6.92 Å². The first-order valence-corrected chi connectivity index (χ1v) is 7.23. The van der Waals surface area contributed by atoms with E-state index in [1.165, 1.54) is 12.8 Å². The van der Waals surface area contributed by atoms with Gasteiger partial charge < -0.3 is 9.47 Å². The summed E-state index contributed by atoms with van der Waals surface area (Å²) in [5, 5.41) is 0. The van der Waals surface area contributed by atoms with E-state index in [1.807, 2.05) is 0 Å². The van der Waals surface area contributed by atoms with E-state index in [0.29, 0.717) is 24.4 Å². The van der Waals surface area contributed by atoms with Crippen molar-refractivity contribution in [2.45, 2.75) is 70.4 Å². The molecule has 6 atom stereocenters. The SMILES string of the molecule is CC[C@H]1OCCN2[C@@H]1CC1[C@H](C)O[C@@H](C)C[C@@H]12. The van der Waals surface area contributed by atoms with E-state index in [0.717, 1.165) is 31.5 Å². The summed E-state index contributed by atoms with van der Waals surface area (Å²) in [6.07, 6.45) is 4.93. The van der Waals surface area contributed by atoms with Crippen LogP contribution in [0.2, 0.25) is 0 Å². The lowest BCUT2D eigenvalue weighted by Gasteiger charge is -2.42. The fourth-order valence-electron chi connectivity index (χ4n) is 4.25. The molecule has 17 heavy (non-hydrogen) atoms. The van der Waals surface area contributed by atoms with E-state index in [1.54, 1.807) is 0 Å². The second-order valence-electron chi connectivity index (χ2n) is 5.98. The molecule has 1 unspecified atom stereocenters. The van der Waals surface area contributed by atoms with Gasteiger partial charge >= 0.3 is 0 Å². The van der Waals surface area contributed by atoms with Gasteiger partial charge in [0, 0.05) is 24.5 Å². The predicted molar refractivity (Wildman–Crippen MR) is 67.0 cm³/mol. The maximum atomic E-state index is 6.01. The van der Waals surface area contributed by atoms with Gasteiger partial charge in [0.15, 0.2) is 0 Å². The van der Waals surface area contributed by atoms with Crippen molar-refractivity contribution in [3.8, 4) is 0 Å². The Balaban J connectivity index is 1.80. The normalized spacial score (nSPS) is 51.0. The van der Waals surface area contributed by atoms with E-state index in [9.17, 15) is 0 Å². The summed E-state index contributed by atoms with van der Waals surface area (Å²) < 4.78 is 11.9. The second-order valence-corrected chi connectivity index (χ2v) is 5.98. The molecule has 0 radical (unpaired) electrons. The standard InChI is InChI=1S/C14H25NO2/c1-4-14-13-8-11-10(3)17-9(2)7-12(11)15(13)5-6-16-14/h9-14H,4-8H2,1-3H3/t9-,10-,11?,12-,13+,14+/m0/s1. The van der Waals surface area contributed by atoms with Gasteiger partial charge in [0.2, 0.25) is 0 Å². The molecule has 0 aromatic heterocycles. The van der Waals surface area contributed by atoms with Crippen LogP contribution in [0.1, 0.15) is 40.0 Å². The summed E-state index contributed by atoms with van der Waals surface area (Å²) in [6.45, 7) is 8.77. The van der Waals surface area contributed by atoms with Crippen molar-refractivity contribution in [1.82, 2.24) is 4.90 Å². The highest BCUT2D eigenvalue weighted by Crippen LogP contribution is 2.42. The Hall–Kier alpha value is -0.120. The molecule has 3 nitrogen and oxygen atoms in total. The minimum absolute atomic E-state index is 0.423. The summed E-state index contributed by atoms with van der Waals surface area (Å²) in [4.78, 5) is 2.73. The van der Waals surface area contributed by atoms with Crippen LogP contribution in [-0.4, -0.2) is 48.4 Å². The molecule has 0 bridgehead atoms. The summed E-state index contributed by atoms with van der Waals surface area (Å²) in [7, 11) is 0. The first-order chi connectivity index (χ1) is 8.20. The van der Waals surface area contributed by atoms with Gasteiger partial charge in [-0.05, 0) is 33.1 Å². The summed E-state index contributed by atoms with van der Waals surface area (Å²) in [5.41, 5.74) is 0. The van der Waals surface area contributed by atoms with E-state index in [-0.39, 0.29) is 0 Å². The predicted octanol–water partition coefficient (Wildman–Crippen LogP) is 2.05. The number of ether oxygens (including phenoxy) is 2. The van der Waals surface area contributed by atoms with Crippen molar-refractivity contribution in [2.75, 3.05) is 13.2 Å². The van der Waals surface area contributed by atoms with Crippen molar-refractivity contribution < 1.29 is 9.47 Å². The highest BCUT2D eigenvalue weighted by atomic mass is 16.5. The van der Waals surface area contributed by atoms with Crippen molar-refractivity contribution in [1.29, 1.82) is 0 Å². The number of rotatable bonds is 1. The van der Waals surface area contributed by atoms with Crippen molar-refractivity contribution in [2.24, 2.45) is 5.92 Å². The zero-order valence-corrected chi connectivity index (χ0v) is 11.3. The molecule has 3 aliphatic rings. The zero-order chi connectivity index (χ0) is 12.0. The first-order valence-electron chi connectivity index (χ1n) is 7.23. The van der Waals surface area contributed by atoms with Gasteiger partial charge in [-0.3, -0.25) is 4.90 Å². The van der Waals surface area contributed by atoms with Crippen molar-refractivity contribution >= 4 is 0 Å². The average molecular weight is 239 g/mol. The van der Waals surface area contributed by atoms with Crippen LogP contribution in [-0.2, 0) is 9.47 Å². The highest BCUT2D eigenvalue weighted by Gasteiger charge is 2.50. The van der Waals surface area contributed by atoms with Crippen LogP contribution in [0.5, 0.6) is 0 Å². The molecule has 3 fully saturated rings.